The Bertz CT molecular complexity index is 535. The molecule has 0 N–H and O–H groups in total. The molecule has 0 atom stereocenters. The molecule has 1 aromatic carbocycles. The molecule has 0 aliphatic carbocycles. The SMILES string of the molecule is CC.Cc1ccnc(OCc2ccc(Cl)cc2F)n1. The number of aryl methyl sites for hydroxylation is 1. The molecule has 3 nitrogen and oxygen atoms in total. The van der Waals surface area contributed by atoms with E-state index in [4.69, 9.17) is 16.3 Å². The average Bonchev–Trinajstić information content (AvgIpc) is 2.40. The smallest absolute Gasteiger partial charge is 0.316 e. The largest absolute Gasteiger partial charge is 0.458 e. The first-order chi connectivity index (χ1) is 9.15. The van der Waals surface area contributed by atoms with Crippen molar-refractivity contribution in [1.29, 1.82) is 0 Å². The van der Waals surface area contributed by atoms with Gasteiger partial charge in [0.1, 0.15) is 12.4 Å². The topological polar surface area (TPSA) is 35.0 Å². The monoisotopic (exact) mass is 282 g/mol. The molecular weight excluding hydrogens is 267 g/mol. The summed E-state index contributed by atoms with van der Waals surface area (Å²) in [5.41, 5.74) is 1.21. The van der Waals surface area contributed by atoms with Crippen molar-refractivity contribution >= 4 is 11.6 Å². The normalized spacial score (nSPS) is 9.53. The fraction of sp³-hybridized carbons (Fsp3) is 0.286. The summed E-state index contributed by atoms with van der Waals surface area (Å²) in [5, 5.41) is 0.359. The van der Waals surface area contributed by atoms with Gasteiger partial charge in [0.25, 0.3) is 0 Å². The van der Waals surface area contributed by atoms with E-state index in [-0.39, 0.29) is 12.6 Å². The lowest BCUT2D eigenvalue weighted by Gasteiger charge is -2.05. The van der Waals surface area contributed by atoms with E-state index < -0.39 is 5.82 Å². The van der Waals surface area contributed by atoms with Gasteiger partial charge in [-0.2, -0.15) is 0 Å². The maximum atomic E-state index is 13.4. The van der Waals surface area contributed by atoms with E-state index in [9.17, 15) is 4.39 Å². The van der Waals surface area contributed by atoms with Crippen molar-refractivity contribution in [2.75, 3.05) is 0 Å². The van der Waals surface area contributed by atoms with E-state index in [1.165, 1.54) is 6.07 Å². The number of ether oxygens (including phenoxy) is 1. The van der Waals surface area contributed by atoms with Crippen LogP contribution in [0, 0.1) is 12.7 Å². The van der Waals surface area contributed by atoms with Crippen LogP contribution in [-0.4, -0.2) is 9.97 Å². The van der Waals surface area contributed by atoms with E-state index in [0.717, 1.165) is 5.69 Å². The standard InChI is InChI=1S/C12H10ClFN2O.C2H6/c1-8-4-5-15-12(16-8)17-7-9-2-3-10(13)6-11(9)14;1-2/h2-6H,7H2,1H3;1-2H3. The van der Waals surface area contributed by atoms with Gasteiger partial charge in [-0.1, -0.05) is 31.5 Å². The molecule has 0 saturated carbocycles. The van der Waals surface area contributed by atoms with Crippen LogP contribution in [0.3, 0.4) is 0 Å². The molecule has 1 aromatic heterocycles. The highest BCUT2D eigenvalue weighted by Crippen LogP contribution is 2.16. The molecule has 0 aliphatic heterocycles. The Balaban J connectivity index is 0.000000861. The predicted molar refractivity (Wildman–Crippen MR) is 73.9 cm³/mol. The Hall–Kier alpha value is -1.68. The van der Waals surface area contributed by atoms with Crippen molar-refractivity contribution in [2.45, 2.75) is 27.4 Å². The average molecular weight is 283 g/mol. The van der Waals surface area contributed by atoms with Crippen LogP contribution in [0.5, 0.6) is 6.01 Å². The predicted octanol–water partition coefficient (Wildman–Crippen LogP) is 4.18. The summed E-state index contributed by atoms with van der Waals surface area (Å²) in [6.45, 7) is 5.91. The number of hydrogen-bond acceptors (Lipinski definition) is 3. The van der Waals surface area contributed by atoms with Crippen LogP contribution in [0.25, 0.3) is 0 Å². The van der Waals surface area contributed by atoms with Crippen LogP contribution >= 0.6 is 11.6 Å². The Kier molecular flexibility index (Phi) is 6.22. The number of rotatable bonds is 3. The number of benzene rings is 1. The van der Waals surface area contributed by atoms with Gasteiger partial charge in [-0.25, -0.2) is 14.4 Å². The van der Waals surface area contributed by atoms with Gasteiger partial charge in [-0.3, -0.25) is 0 Å². The van der Waals surface area contributed by atoms with E-state index >= 15 is 0 Å². The number of hydrogen-bond donors (Lipinski definition) is 0. The quantitative estimate of drug-likeness (QED) is 0.847. The minimum absolute atomic E-state index is 0.0758. The first-order valence-electron chi connectivity index (χ1n) is 6.01. The molecule has 0 saturated heterocycles. The van der Waals surface area contributed by atoms with Gasteiger partial charge in [0.2, 0.25) is 0 Å². The molecule has 0 unspecified atom stereocenters. The Morgan fingerprint density at radius 2 is 2.00 bits per heavy atom. The summed E-state index contributed by atoms with van der Waals surface area (Å²) in [5.74, 6) is -0.398. The van der Waals surface area contributed by atoms with Gasteiger partial charge in [-0.05, 0) is 25.1 Å². The van der Waals surface area contributed by atoms with E-state index in [2.05, 4.69) is 9.97 Å². The number of halogens is 2. The molecule has 0 spiro atoms. The maximum absolute atomic E-state index is 13.4. The van der Waals surface area contributed by atoms with Crippen molar-refractivity contribution in [2.24, 2.45) is 0 Å². The zero-order valence-electron chi connectivity index (χ0n) is 11.2. The summed E-state index contributed by atoms with van der Waals surface area (Å²) in [4.78, 5) is 7.97. The molecule has 0 radical (unpaired) electrons. The highest BCUT2D eigenvalue weighted by Gasteiger charge is 2.05. The van der Waals surface area contributed by atoms with Crippen molar-refractivity contribution < 1.29 is 9.13 Å². The molecule has 0 amide bonds. The lowest BCUT2D eigenvalue weighted by atomic mass is 10.2. The van der Waals surface area contributed by atoms with Crippen LogP contribution in [0.2, 0.25) is 5.02 Å². The van der Waals surface area contributed by atoms with E-state index in [1.54, 1.807) is 24.4 Å². The van der Waals surface area contributed by atoms with Crippen LogP contribution in [-0.2, 0) is 6.61 Å². The molecule has 102 valence electrons. The van der Waals surface area contributed by atoms with Crippen LogP contribution in [0.1, 0.15) is 25.1 Å². The summed E-state index contributed by atoms with van der Waals surface area (Å²) < 4.78 is 18.7. The molecule has 0 bridgehead atoms. The fourth-order valence-corrected chi connectivity index (χ4v) is 1.44. The highest BCUT2D eigenvalue weighted by molar-refractivity contribution is 6.30. The number of nitrogens with zero attached hydrogens (tertiary/aromatic N) is 2. The zero-order valence-corrected chi connectivity index (χ0v) is 11.9. The van der Waals surface area contributed by atoms with Crippen molar-refractivity contribution in [1.82, 2.24) is 9.97 Å². The molecule has 0 fully saturated rings. The first-order valence-corrected chi connectivity index (χ1v) is 6.39. The molecule has 5 heteroatoms. The molecule has 2 aromatic rings. The second-order valence-electron chi connectivity index (χ2n) is 3.51. The summed E-state index contributed by atoms with van der Waals surface area (Å²) >= 11 is 5.65. The van der Waals surface area contributed by atoms with Crippen molar-refractivity contribution in [3.8, 4) is 6.01 Å². The van der Waals surface area contributed by atoms with Crippen LogP contribution in [0.15, 0.2) is 30.5 Å². The summed E-state index contributed by atoms with van der Waals surface area (Å²) in [6, 6.07) is 6.43. The molecular formula is C14H16ClFN2O. The Labute approximate surface area is 117 Å². The van der Waals surface area contributed by atoms with Gasteiger partial charge in [-0.15, -0.1) is 0 Å². The molecule has 2 rings (SSSR count). The molecule has 0 aliphatic rings. The van der Waals surface area contributed by atoms with E-state index in [1.807, 2.05) is 20.8 Å². The van der Waals surface area contributed by atoms with Gasteiger partial charge in [0, 0.05) is 22.5 Å². The highest BCUT2D eigenvalue weighted by atomic mass is 35.5. The minimum atomic E-state index is -0.398. The minimum Gasteiger partial charge on any atom is -0.458 e. The van der Waals surface area contributed by atoms with Crippen molar-refractivity contribution in [3.63, 3.8) is 0 Å². The maximum Gasteiger partial charge on any atom is 0.316 e. The van der Waals surface area contributed by atoms with Gasteiger partial charge in [0.15, 0.2) is 0 Å². The van der Waals surface area contributed by atoms with E-state index in [0.29, 0.717) is 10.6 Å². The Morgan fingerprint density at radius 1 is 1.26 bits per heavy atom. The summed E-state index contributed by atoms with van der Waals surface area (Å²) in [7, 11) is 0. The first kappa shape index (κ1) is 15.4. The second kappa shape index (κ2) is 7.69. The molecule has 19 heavy (non-hydrogen) atoms. The summed E-state index contributed by atoms with van der Waals surface area (Å²) in [6.07, 6.45) is 1.59. The lowest BCUT2D eigenvalue weighted by molar-refractivity contribution is 0.274. The lowest BCUT2D eigenvalue weighted by Crippen LogP contribution is -2.01. The van der Waals surface area contributed by atoms with Crippen LogP contribution < -0.4 is 4.74 Å². The van der Waals surface area contributed by atoms with Crippen LogP contribution in [0.4, 0.5) is 4.39 Å². The third kappa shape index (κ3) is 4.83. The van der Waals surface area contributed by atoms with Crippen molar-refractivity contribution in [3.05, 3.63) is 52.6 Å². The van der Waals surface area contributed by atoms with Gasteiger partial charge in [0.05, 0.1) is 0 Å². The molecule has 1 heterocycles. The fourth-order valence-electron chi connectivity index (χ4n) is 1.28. The van der Waals surface area contributed by atoms with Gasteiger partial charge < -0.3 is 4.74 Å². The third-order valence-corrected chi connectivity index (χ3v) is 2.38. The zero-order chi connectivity index (χ0) is 14.3. The van der Waals surface area contributed by atoms with Gasteiger partial charge >= 0.3 is 6.01 Å². The second-order valence-corrected chi connectivity index (χ2v) is 3.94. The number of aromatic nitrogens is 2. The third-order valence-electron chi connectivity index (χ3n) is 2.14. The Morgan fingerprint density at radius 3 is 2.63 bits per heavy atom.